The van der Waals surface area contributed by atoms with E-state index in [-0.39, 0.29) is 11.9 Å². The highest BCUT2D eigenvalue weighted by atomic mass is 16.2. The average Bonchev–Trinajstić information content (AvgIpc) is 3.33. The Morgan fingerprint density at radius 2 is 1.52 bits per heavy atom. The molecular weight excluding hydrogens is 546 g/mol. The van der Waals surface area contributed by atoms with Gasteiger partial charge >= 0.3 is 0 Å². The van der Waals surface area contributed by atoms with Crippen LogP contribution in [-0.2, 0) is 17.6 Å². The van der Waals surface area contributed by atoms with Gasteiger partial charge in [0.15, 0.2) is 5.65 Å². The number of hydrogen-bond acceptors (Lipinski definition) is 6. The molecule has 1 amide bonds. The molecule has 1 atom stereocenters. The van der Waals surface area contributed by atoms with Gasteiger partial charge in [0.2, 0.25) is 5.91 Å². The second-order valence-electron chi connectivity index (χ2n) is 12.1. The van der Waals surface area contributed by atoms with E-state index < -0.39 is 6.04 Å². The van der Waals surface area contributed by atoms with E-state index in [1.165, 1.54) is 22.3 Å². The minimum Gasteiger partial charge on any atom is -0.378 e. The van der Waals surface area contributed by atoms with Crippen molar-refractivity contribution in [2.45, 2.75) is 31.8 Å². The van der Waals surface area contributed by atoms with E-state index in [2.05, 4.69) is 92.9 Å². The van der Waals surface area contributed by atoms with E-state index in [0.717, 1.165) is 54.3 Å². The summed E-state index contributed by atoms with van der Waals surface area (Å²) in [5, 5.41) is 3.53. The van der Waals surface area contributed by atoms with Crippen molar-refractivity contribution >= 4 is 23.1 Å². The lowest BCUT2D eigenvalue weighted by atomic mass is 9.92. The predicted molar refractivity (Wildman–Crippen MR) is 176 cm³/mol. The highest BCUT2D eigenvalue weighted by molar-refractivity contribution is 5.86. The first-order valence-electron chi connectivity index (χ1n) is 15.5. The van der Waals surface area contributed by atoms with Crippen molar-refractivity contribution in [3.8, 4) is 11.3 Å². The molecule has 8 nitrogen and oxygen atoms in total. The number of fused-ring (bicyclic) bond motifs is 3. The Bertz CT molecular complexity index is 1740. The molecule has 1 aliphatic carbocycles. The van der Waals surface area contributed by atoms with Crippen LogP contribution in [0.15, 0.2) is 91.4 Å². The number of nitrogens with zero attached hydrogens (tertiary/aromatic N) is 6. The summed E-state index contributed by atoms with van der Waals surface area (Å²) in [5.41, 5.74) is 9.31. The summed E-state index contributed by atoms with van der Waals surface area (Å²) < 4.78 is 1.98. The first-order valence-corrected chi connectivity index (χ1v) is 15.5. The fourth-order valence-corrected chi connectivity index (χ4v) is 6.79. The smallest absolute Gasteiger partial charge is 0.244 e. The second kappa shape index (κ2) is 11.8. The summed E-state index contributed by atoms with van der Waals surface area (Å²) in [7, 11) is 4.06. The van der Waals surface area contributed by atoms with Gasteiger partial charge < -0.3 is 15.1 Å². The van der Waals surface area contributed by atoms with Crippen LogP contribution in [0.1, 0.15) is 35.2 Å². The zero-order valence-electron chi connectivity index (χ0n) is 25.6. The lowest BCUT2D eigenvalue weighted by Crippen LogP contribution is -2.53. The van der Waals surface area contributed by atoms with Crippen LogP contribution in [0.2, 0.25) is 0 Å². The molecule has 0 spiro atoms. The molecule has 1 saturated heterocycles. The van der Waals surface area contributed by atoms with E-state index in [1.807, 2.05) is 36.5 Å². The van der Waals surface area contributed by atoms with E-state index >= 15 is 0 Å². The number of aromatic nitrogens is 3. The van der Waals surface area contributed by atoms with Gasteiger partial charge in [-0.3, -0.25) is 19.1 Å². The van der Waals surface area contributed by atoms with Crippen LogP contribution in [-0.4, -0.2) is 76.4 Å². The summed E-state index contributed by atoms with van der Waals surface area (Å²) in [4.78, 5) is 29.7. The van der Waals surface area contributed by atoms with E-state index in [0.29, 0.717) is 13.1 Å². The lowest BCUT2D eigenvalue weighted by Gasteiger charge is -2.41. The van der Waals surface area contributed by atoms with Gasteiger partial charge in [0.05, 0.1) is 12.2 Å². The van der Waals surface area contributed by atoms with Gasteiger partial charge in [-0.05, 0) is 54.2 Å². The number of aryl methyl sites for hydroxylation is 2. The lowest BCUT2D eigenvalue weighted by molar-refractivity contribution is -0.133. The highest BCUT2D eigenvalue weighted by Crippen LogP contribution is 2.37. The van der Waals surface area contributed by atoms with Gasteiger partial charge in [0.25, 0.3) is 0 Å². The summed E-state index contributed by atoms with van der Waals surface area (Å²) in [6.07, 6.45) is 7.51. The standard InChI is InChI=1S/C36H39N7O/c1-25(38-35-33(39-32-24-37-18-19-43(32)35)28-14-16-29(17-15-28)40(2)3)36(44)42-22-20-41(21-23-42)34-30-10-6-4-8-26(30)12-13-27-9-5-7-11-31(27)34/h4-11,14-19,24-25,34,38H,12-13,20-23H2,1-3H3. The van der Waals surface area contributed by atoms with Gasteiger partial charge in [-0.1, -0.05) is 60.7 Å². The third kappa shape index (κ3) is 5.19. The van der Waals surface area contributed by atoms with Crippen molar-refractivity contribution in [3.05, 3.63) is 114 Å². The largest absolute Gasteiger partial charge is 0.378 e. The summed E-state index contributed by atoms with van der Waals surface area (Å²) in [6.45, 7) is 5.00. The van der Waals surface area contributed by atoms with Gasteiger partial charge in [-0.15, -0.1) is 0 Å². The van der Waals surface area contributed by atoms with Crippen LogP contribution in [0.4, 0.5) is 11.5 Å². The Hall–Kier alpha value is -4.69. The van der Waals surface area contributed by atoms with Crippen molar-refractivity contribution in [3.63, 3.8) is 0 Å². The molecule has 7 rings (SSSR count). The van der Waals surface area contributed by atoms with Gasteiger partial charge in [0, 0.05) is 63.9 Å². The van der Waals surface area contributed by atoms with Crippen LogP contribution in [0.3, 0.4) is 0 Å². The Morgan fingerprint density at radius 1 is 0.886 bits per heavy atom. The van der Waals surface area contributed by atoms with Crippen molar-refractivity contribution in [1.29, 1.82) is 0 Å². The molecule has 2 aromatic heterocycles. The topological polar surface area (TPSA) is 69.0 Å². The van der Waals surface area contributed by atoms with Crippen molar-refractivity contribution in [2.24, 2.45) is 0 Å². The molecule has 44 heavy (non-hydrogen) atoms. The maximum Gasteiger partial charge on any atom is 0.244 e. The number of piperazine rings is 1. The third-order valence-corrected chi connectivity index (χ3v) is 9.17. The Balaban J connectivity index is 1.10. The van der Waals surface area contributed by atoms with Gasteiger partial charge in [-0.25, -0.2) is 4.98 Å². The van der Waals surface area contributed by atoms with E-state index in [4.69, 9.17) is 4.98 Å². The fourth-order valence-electron chi connectivity index (χ4n) is 6.79. The molecule has 224 valence electrons. The quantitative estimate of drug-likeness (QED) is 0.292. The highest BCUT2D eigenvalue weighted by Gasteiger charge is 2.33. The maximum absolute atomic E-state index is 13.9. The first-order chi connectivity index (χ1) is 21.5. The SMILES string of the molecule is CC(Nc1c(-c2ccc(N(C)C)cc2)nc2cnccn12)C(=O)N1CCN(C2c3ccccc3CCc3ccccc32)CC1. The molecule has 1 fully saturated rings. The number of rotatable bonds is 6. The van der Waals surface area contributed by atoms with Crippen LogP contribution in [0, 0.1) is 0 Å². The molecule has 5 aromatic rings. The molecule has 1 aliphatic heterocycles. The summed E-state index contributed by atoms with van der Waals surface area (Å²) in [6, 6.07) is 25.9. The number of amides is 1. The minimum atomic E-state index is -0.422. The maximum atomic E-state index is 13.9. The van der Waals surface area contributed by atoms with Crippen LogP contribution in [0.25, 0.3) is 16.9 Å². The van der Waals surface area contributed by atoms with Crippen LogP contribution < -0.4 is 10.2 Å². The molecule has 3 aromatic carbocycles. The molecule has 2 aliphatic rings. The normalized spacial score (nSPS) is 16.2. The monoisotopic (exact) mass is 585 g/mol. The molecule has 1 N–H and O–H groups in total. The van der Waals surface area contributed by atoms with E-state index in [9.17, 15) is 4.79 Å². The molecule has 3 heterocycles. The zero-order valence-corrected chi connectivity index (χ0v) is 25.6. The average molecular weight is 586 g/mol. The van der Waals surface area contributed by atoms with Crippen molar-refractivity contribution < 1.29 is 4.79 Å². The van der Waals surface area contributed by atoms with Crippen molar-refractivity contribution in [2.75, 3.05) is 50.5 Å². The number of benzene rings is 3. The van der Waals surface area contributed by atoms with Crippen LogP contribution in [0.5, 0.6) is 0 Å². The number of carbonyl (C=O) groups is 1. The van der Waals surface area contributed by atoms with Gasteiger partial charge in [0.1, 0.15) is 17.6 Å². The number of nitrogens with one attached hydrogen (secondary N) is 1. The minimum absolute atomic E-state index is 0.101. The third-order valence-electron chi connectivity index (χ3n) is 9.17. The molecule has 8 heteroatoms. The molecule has 0 bridgehead atoms. The predicted octanol–water partition coefficient (Wildman–Crippen LogP) is 5.30. The van der Waals surface area contributed by atoms with E-state index in [1.54, 1.807) is 12.4 Å². The molecular formula is C36H39N7O. The summed E-state index contributed by atoms with van der Waals surface area (Å²) in [5.74, 6) is 0.899. The second-order valence-corrected chi connectivity index (χ2v) is 12.1. The Labute approximate surface area is 259 Å². The van der Waals surface area contributed by atoms with Gasteiger partial charge in [-0.2, -0.15) is 0 Å². The number of anilines is 2. The Kier molecular flexibility index (Phi) is 7.52. The number of hydrogen-bond donors (Lipinski definition) is 1. The molecule has 0 radical (unpaired) electrons. The first kappa shape index (κ1) is 28.1. The number of imidazole rings is 1. The fraction of sp³-hybridized carbons (Fsp3) is 0.306. The molecule has 1 unspecified atom stereocenters. The van der Waals surface area contributed by atoms with Crippen LogP contribution >= 0.6 is 0 Å². The zero-order chi connectivity index (χ0) is 30.2. The van der Waals surface area contributed by atoms with Crippen molar-refractivity contribution in [1.82, 2.24) is 24.2 Å². The Morgan fingerprint density at radius 3 is 2.16 bits per heavy atom. The summed E-state index contributed by atoms with van der Waals surface area (Å²) >= 11 is 0. The number of carbonyl (C=O) groups excluding carboxylic acids is 1. The molecule has 0 saturated carbocycles.